The minimum atomic E-state index is -0.382. The quantitative estimate of drug-likeness (QED) is 0.768. The number of rotatable bonds is 5. The van der Waals surface area contributed by atoms with Gasteiger partial charge in [-0.2, -0.15) is 0 Å². The Morgan fingerprint density at radius 1 is 1.29 bits per heavy atom. The molecule has 0 aromatic rings. The topological polar surface area (TPSA) is 35.5 Å². The third-order valence-corrected chi connectivity index (χ3v) is 4.33. The number of hydrogen-bond acceptors (Lipinski definition) is 3. The zero-order chi connectivity index (χ0) is 12.1. The average Bonchev–Trinajstić information content (AvgIpc) is 2.77. The number of nitrogens with zero attached hydrogens (tertiary/aromatic N) is 1. The van der Waals surface area contributed by atoms with Crippen molar-refractivity contribution >= 4 is 0 Å². The Labute approximate surface area is 106 Å². The summed E-state index contributed by atoms with van der Waals surface area (Å²) in [5.41, 5.74) is -0.382. The average molecular weight is 240 g/mol. The van der Waals surface area contributed by atoms with Crippen molar-refractivity contribution in [2.24, 2.45) is 0 Å². The van der Waals surface area contributed by atoms with Crippen LogP contribution in [0.2, 0.25) is 0 Å². The van der Waals surface area contributed by atoms with E-state index in [4.69, 9.17) is 0 Å². The highest BCUT2D eigenvalue weighted by Gasteiger charge is 2.34. The molecule has 0 aromatic carbocycles. The Balaban J connectivity index is 1.90. The van der Waals surface area contributed by atoms with E-state index in [-0.39, 0.29) is 5.60 Å². The predicted octanol–water partition coefficient (Wildman–Crippen LogP) is 1.76. The molecule has 3 nitrogen and oxygen atoms in total. The summed E-state index contributed by atoms with van der Waals surface area (Å²) in [5, 5.41) is 14.0. The van der Waals surface area contributed by atoms with Crippen LogP contribution in [-0.2, 0) is 0 Å². The molecule has 17 heavy (non-hydrogen) atoms. The summed E-state index contributed by atoms with van der Waals surface area (Å²) in [6.45, 7) is 6.54. The maximum atomic E-state index is 10.6. The van der Waals surface area contributed by atoms with Gasteiger partial charge in [0, 0.05) is 19.1 Å². The van der Waals surface area contributed by atoms with Gasteiger partial charge in [0.05, 0.1) is 5.60 Å². The Morgan fingerprint density at radius 2 is 2.06 bits per heavy atom. The van der Waals surface area contributed by atoms with Crippen molar-refractivity contribution in [3.63, 3.8) is 0 Å². The van der Waals surface area contributed by atoms with Crippen molar-refractivity contribution in [3.8, 4) is 0 Å². The van der Waals surface area contributed by atoms with E-state index in [1.807, 2.05) is 0 Å². The molecule has 1 heterocycles. The van der Waals surface area contributed by atoms with Crippen molar-refractivity contribution in [2.45, 2.75) is 63.5 Å². The van der Waals surface area contributed by atoms with Crippen molar-refractivity contribution in [2.75, 3.05) is 26.2 Å². The number of piperidine rings is 1. The maximum Gasteiger partial charge on any atom is 0.0774 e. The van der Waals surface area contributed by atoms with Gasteiger partial charge >= 0.3 is 0 Å². The first kappa shape index (κ1) is 13.3. The highest BCUT2D eigenvalue weighted by Crippen LogP contribution is 2.31. The summed E-state index contributed by atoms with van der Waals surface area (Å²) in [6.07, 6.45) is 8.19. The molecular weight excluding hydrogens is 212 g/mol. The molecule has 1 atom stereocenters. The second-order valence-corrected chi connectivity index (χ2v) is 5.90. The van der Waals surface area contributed by atoms with Crippen LogP contribution >= 0.6 is 0 Å². The largest absolute Gasteiger partial charge is 0.389 e. The van der Waals surface area contributed by atoms with Crippen LogP contribution < -0.4 is 5.32 Å². The van der Waals surface area contributed by atoms with Crippen molar-refractivity contribution in [3.05, 3.63) is 0 Å². The van der Waals surface area contributed by atoms with Gasteiger partial charge in [-0.3, -0.25) is 4.90 Å². The minimum absolute atomic E-state index is 0.382. The van der Waals surface area contributed by atoms with Crippen LogP contribution in [0.1, 0.15) is 51.9 Å². The van der Waals surface area contributed by atoms with Gasteiger partial charge in [-0.25, -0.2) is 0 Å². The third-order valence-electron chi connectivity index (χ3n) is 4.33. The SMILES string of the molecule is CCCN(CC1(O)CCCC1)C1CCCNC1. The van der Waals surface area contributed by atoms with E-state index < -0.39 is 0 Å². The molecule has 2 rings (SSSR count). The Kier molecular flexibility index (Phi) is 4.83. The van der Waals surface area contributed by atoms with Crippen LogP contribution in [0.5, 0.6) is 0 Å². The maximum absolute atomic E-state index is 10.6. The lowest BCUT2D eigenvalue weighted by Crippen LogP contribution is -2.51. The van der Waals surface area contributed by atoms with Crippen LogP contribution in [0.3, 0.4) is 0 Å². The van der Waals surface area contributed by atoms with Crippen LogP contribution in [-0.4, -0.2) is 47.8 Å². The fourth-order valence-corrected chi connectivity index (χ4v) is 3.39. The van der Waals surface area contributed by atoms with E-state index >= 15 is 0 Å². The van der Waals surface area contributed by atoms with E-state index in [2.05, 4.69) is 17.1 Å². The summed E-state index contributed by atoms with van der Waals surface area (Å²) in [6, 6.07) is 0.647. The zero-order valence-corrected chi connectivity index (χ0v) is 11.2. The monoisotopic (exact) mass is 240 g/mol. The van der Waals surface area contributed by atoms with E-state index in [0.29, 0.717) is 6.04 Å². The smallest absolute Gasteiger partial charge is 0.0774 e. The standard InChI is InChI=1S/C14H28N2O/c1-2-10-16(13-6-5-9-15-11-13)12-14(17)7-3-4-8-14/h13,15,17H,2-12H2,1H3. The molecule has 3 heteroatoms. The van der Waals surface area contributed by atoms with Gasteiger partial charge in [0.15, 0.2) is 0 Å². The van der Waals surface area contributed by atoms with Gasteiger partial charge in [0.1, 0.15) is 0 Å². The highest BCUT2D eigenvalue weighted by molar-refractivity contribution is 4.90. The molecule has 2 N–H and O–H groups in total. The molecule has 1 saturated heterocycles. The van der Waals surface area contributed by atoms with E-state index in [1.54, 1.807) is 0 Å². The van der Waals surface area contributed by atoms with Gasteiger partial charge < -0.3 is 10.4 Å². The molecule has 0 aromatic heterocycles. The van der Waals surface area contributed by atoms with Crippen LogP contribution in [0.4, 0.5) is 0 Å². The number of aliphatic hydroxyl groups is 1. The highest BCUT2D eigenvalue weighted by atomic mass is 16.3. The molecule has 0 radical (unpaired) electrons. The molecule has 1 saturated carbocycles. The molecule has 1 aliphatic heterocycles. The van der Waals surface area contributed by atoms with Gasteiger partial charge in [-0.1, -0.05) is 19.8 Å². The minimum Gasteiger partial charge on any atom is -0.389 e. The molecule has 1 aliphatic carbocycles. The van der Waals surface area contributed by atoms with Gasteiger partial charge in [0.25, 0.3) is 0 Å². The van der Waals surface area contributed by atoms with E-state index in [1.165, 1.54) is 38.6 Å². The lowest BCUT2D eigenvalue weighted by atomic mass is 9.98. The van der Waals surface area contributed by atoms with Gasteiger partial charge in [-0.15, -0.1) is 0 Å². The first-order valence-electron chi connectivity index (χ1n) is 7.41. The fraction of sp³-hybridized carbons (Fsp3) is 1.00. The van der Waals surface area contributed by atoms with E-state index in [9.17, 15) is 5.11 Å². The van der Waals surface area contributed by atoms with Gasteiger partial charge in [0.2, 0.25) is 0 Å². The molecular formula is C14H28N2O. The second kappa shape index (κ2) is 6.17. The normalized spacial score (nSPS) is 28.8. The second-order valence-electron chi connectivity index (χ2n) is 5.90. The van der Waals surface area contributed by atoms with E-state index in [0.717, 1.165) is 32.5 Å². The first-order valence-corrected chi connectivity index (χ1v) is 7.41. The van der Waals surface area contributed by atoms with Crippen LogP contribution in [0, 0.1) is 0 Å². The fourth-order valence-electron chi connectivity index (χ4n) is 3.39. The van der Waals surface area contributed by atoms with Crippen LogP contribution in [0.15, 0.2) is 0 Å². The van der Waals surface area contributed by atoms with Crippen molar-refractivity contribution < 1.29 is 5.11 Å². The summed E-state index contributed by atoms with van der Waals surface area (Å²) < 4.78 is 0. The lowest BCUT2D eigenvalue weighted by molar-refractivity contribution is -0.00680. The van der Waals surface area contributed by atoms with Crippen LogP contribution in [0.25, 0.3) is 0 Å². The zero-order valence-electron chi connectivity index (χ0n) is 11.2. The van der Waals surface area contributed by atoms with Crippen molar-refractivity contribution in [1.29, 1.82) is 0 Å². The molecule has 0 spiro atoms. The molecule has 0 amide bonds. The summed E-state index contributed by atoms with van der Waals surface area (Å²) in [4.78, 5) is 2.54. The summed E-state index contributed by atoms with van der Waals surface area (Å²) in [7, 11) is 0. The number of hydrogen-bond donors (Lipinski definition) is 2. The molecule has 2 aliphatic rings. The lowest BCUT2D eigenvalue weighted by Gasteiger charge is -2.38. The van der Waals surface area contributed by atoms with Gasteiger partial charge in [-0.05, 0) is 45.2 Å². The van der Waals surface area contributed by atoms with Crippen molar-refractivity contribution in [1.82, 2.24) is 10.2 Å². The molecule has 0 bridgehead atoms. The molecule has 100 valence electrons. The predicted molar refractivity (Wildman–Crippen MR) is 71.2 cm³/mol. The molecule has 1 unspecified atom stereocenters. The Morgan fingerprint density at radius 3 is 2.65 bits per heavy atom. The number of nitrogens with one attached hydrogen (secondary N) is 1. The Hall–Kier alpha value is -0.120. The first-order chi connectivity index (χ1) is 8.23. The summed E-state index contributed by atoms with van der Waals surface area (Å²) in [5.74, 6) is 0. The third kappa shape index (κ3) is 3.67. The molecule has 2 fully saturated rings. The Bertz CT molecular complexity index is 220. The summed E-state index contributed by atoms with van der Waals surface area (Å²) >= 11 is 0.